The third-order valence-corrected chi connectivity index (χ3v) is 2.40. The van der Waals surface area contributed by atoms with Crippen molar-refractivity contribution in [1.82, 2.24) is 15.5 Å². The van der Waals surface area contributed by atoms with Crippen LogP contribution >= 0.6 is 0 Å². The van der Waals surface area contributed by atoms with Gasteiger partial charge >= 0.3 is 12.0 Å². The zero-order valence-electron chi connectivity index (χ0n) is 11.2. The molecule has 7 nitrogen and oxygen atoms in total. The highest BCUT2D eigenvalue weighted by atomic mass is 16.4. The lowest BCUT2D eigenvalue weighted by atomic mass is 10.2. The fraction of sp³-hybridized carbons (Fsp3) is 0.727. The maximum absolute atomic E-state index is 11.7. The van der Waals surface area contributed by atoms with Crippen LogP contribution in [0.4, 0.5) is 4.79 Å². The molecule has 0 aromatic heterocycles. The predicted octanol–water partition coefficient (Wildman–Crippen LogP) is -0.127. The van der Waals surface area contributed by atoms with Crippen LogP contribution in [0.5, 0.6) is 0 Å². The number of aliphatic carboxylic acids is 1. The van der Waals surface area contributed by atoms with E-state index in [2.05, 4.69) is 10.6 Å². The Morgan fingerprint density at radius 3 is 2.28 bits per heavy atom. The highest BCUT2D eigenvalue weighted by molar-refractivity contribution is 5.86. The number of rotatable bonds is 6. The molecule has 0 aliphatic heterocycles. The molecule has 0 fully saturated rings. The van der Waals surface area contributed by atoms with Crippen LogP contribution in [0, 0.1) is 5.92 Å². The Balaban J connectivity index is 4.23. The first-order valence-electron chi connectivity index (χ1n) is 5.81. The van der Waals surface area contributed by atoms with Gasteiger partial charge in [0.05, 0.1) is 5.92 Å². The first-order chi connectivity index (χ1) is 8.29. The van der Waals surface area contributed by atoms with Gasteiger partial charge in [0.15, 0.2) is 0 Å². The highest BCUT2D eigenvalue weighted by Gasteiger charge is 2.20. The fourth-order valence-electron chi connectivity index (χ4n) is 1.26. The number of carboxylic acid groups (broad SMARTS) is 1. The van der Waals surface area contributed by atoms with E-state index in [-0.39, 0.29) is 12.5 Å². The Bertz CT molecular complexity index is 319. The van der Waals surface area contributed by atoms with Gasteiger partial charge in [0.2, 0.25) is 5.91 Å². The van der Waals surface area contributed by atoms with Crippen LogP contribution < -0.4 is 10.6 Å². The van der Waals surface area contributed by atoms with Gasteiger partial charge in [0, 0.05) is 20.1 Å². The Kier molecular flexibility index (Phi) is 6.77. The van der Waals surface area contributed by atoms with Crippen molar-refractivity contribution < 1.29 is 19.5 Å². The summed E-state index contributed by atoms with van der Waals surface area (Å²) in [6, 6.07) is -1.12. The third-order valence-electron chi connectivity index (χ3n) is 2.40. The van der Waals surface area contributed by atoms with E-state index in [9.17, 15) is 14.4 Å². The summed E-state index contributed by atoms with van der Waals surface area (Å²) in [5.41, 5.74) is 0. The van der Waals surface area contributed by atoms with E-state index in [0.717, 1.165) is 0 Å². The van der Waals surface area contributed by atoms with E-state index in [1.165, 1.54) is 18.9 Å². The summed E-state index contributed by atoms with van der Waals surface area (Å²) in [5.74, 6) is -1.89. The molecule has 0 saturated heterocycles. The second-order valence-electron chi connectivity index (χ2n) is 4.19. The summed E-state index contributed by atoms with van der Waals surface area (Å²) < 4.78 is 0. The number of carbonyl (C=O) groups is 3. The number of amides is 3. The highest BCUT2D eigenvalue weighted by Crippen LogP contribution is 1.99. The molecule has 0 bridgehead atoms. The summed E-state index contributed by atoms with van der Waals surface area (Å²) >= 11 is 0. The molecular formula is C11H21N3O4. The molecule has 0 aliphatic carbocycles. The van der Waals surface area contributed by atoms with Crippen LogP contribution in [0.15, 0.2) is 0 Å². The smallest absolute Gasteiger partial charge is 0.317 e. The van der Waals surface area contributed by atoms with Gasteiger partial charge < -0.3 is 20.6 Å². The quantitative estimate of drug-likeness (QED) is 0.619. The molecule has 7 heteroatoms. The molecule has 2 unspecified atom stereocenters. The van der Waals surface area contributed by atoms with Gasteiger partial charge in [-0.1, -0.05) is 6.92 Å². The Morgan fingerprint density at radius 1 is 1.28 bits per heavy atom. The molecule has 0 aromatic carbocycles. The van der Waals surface area contributed by atoms with Crippen molar-refractivity contribution in [2.45, 2.75) is 26.8 Å². The van der Waals surface area contributed by atoms with Crippen molar-refractivity contribution in [3.63, 3.8) is 0 Å². The summed E-state index contributed by atoms with van der Waals surface area (Å²) in [6.07, 6.45) is 0. The minimum Gasteiger partial charge on any atom is -0.481 e. The average molecular weight is 259 g/mol. The van der Waals surface area contributed by atoms with E-state index in [1.54, 1.807) is 13.8 Å². The first-order valence-corrected chi connectivity index (χ1v) is 5.81. The molecule has 0 aliphatic rings. The summed E-state index contributed by atoms with van der Waals surface area (Å²) in [5, 5.41) is 13.8. The van der Waals surface area contributed by atoms with Crippen LogP contribution in [0.1, 0.15) is 20.8 Å². The molecular weight excluding hydrogens is 238 g/mol. The van der Waals surface area contributed by atoms with Crippen LogP contribution in [-0.4, -0.2) is 54.1 Å². The molecule has 0 radical (unpaired) electrons. The van der Waals surface area contributed by atoms with Crippen molar-refractivity contribution in [2.75, 3.05) is 20.1 Å². The number of hydrogen-bond acceptors (Lipinski definition) is 3. The molecule has 3 N–H and O–H groups in total. The summed E-state index contributed by atoms with van der Waals surface area (Å²) in [7, 11) is 1.49. The minimum atomic E-state index is -0.966. The minimum absolute atomic E-state index is 0.0866. The molecule has 0 rings (SSSR count). The standard InChI is InChI=1S/C11H21N3O4/c1-5-12-9(15)8(3)13-11(18)14(4)6-7(2)10(16)17/h7-8H,5-6H2,1-4H3,(H,12,15)(H,13,18)(H,16,17). The Hall–Kier alpha value is -1.79. The van der Waals surface area contributed by atoms with Crippen LogP contribution in [0.3, 0.4) is 0 Å². The van der Waals surface area contributed by atoms with Gasteiger partial charge in [-0.15, -0.1) is 0 Å². The lowest BCUT2D eigenvalue weighted by Gasteiger charge is -2.22. The molecule has 0 heterocycles. The van der Waals surface area contributed by atoms with E-state index in [1.807, 2.05) is 0 Å². The maximum atomic E-state index is 11.7. The number of nitrogens with zero attached hydrogens (tertiary/aromatic N) is 1. The number of nitrogens with one attached hydrogen (secondary N) is 2. The number of urea groups is 1. The average Bonchev–Trinajstić information content (AvgIpc) is 2.28. The van der Waals surface area contributed by atoms with Crippen LogP contribution in [0.2, 0.25) is 0 Å². The lowest BCUT2D eigenvalue weighted by Crippen LogP contribution is -2.49. The zero-order chi connectivity index (χ0) is 14.3. The number of carboxylic acids is 1. The van der Waals surface area contributed by atoms with Crippen molar-refractivity contribution >= 4 is 17.9 Å². The summed E-state index contributed by atoms with van der Waals surface area (Å²) in [4.78, 5) is 35.0. The van der Waals surface area contributed by atoms with Gasteiger partial charge in [0.1, 0.15) is 6.04 Å². The second-order valence-corrected chi connectivity index (χ2v) is 4.19. The van der Waals surface area contributed by atoms with Crippen molar-refractivity contribution in [2.24, 2.45) is 5.92 Å². The van der Waals surface area contributed by atoms with Gasteiger partial charge in [0.25, 0.3) is 0 Å². The molecule has 3 amide bonds. The predicted molar refractivity (Wildman–Crippen MR) is 66.1 cm³/mol. The molecule has 2 atom stereocenters. The van der Waals surface area contributed by atoms with Gasteiger partial charge in [-0.05, 0) is 13.8 Å². The zero-order valence-corrected chi connectivity index (χ0v) is 11.2. The third kappa shape index (κ3) is 5.51. The number of hydrogen-bond donors (Lipinski definition) is 3. The van der Waals surface area contributed by atoms with Gasteiger partial charge in [-0.25, -0.2) is 4.79 Å². The van der Waals surface area contributed by atoms with E-state index in [4.69, 9.17) is 5.11 Å². The van der Waals surface area contributed by atoms with Crippen molar-refractivity contribution in [1.29, 1.82) is 0 Å². The molecule has 0 aromatic rings. The van der Waals surface area contributed by atoms with Crippen molar-refractivity contribution in [3.05, 3.63) is 0 Å². The Morgan fingerprint density at radius 2 is 1.83 bits per heavy atom. The summed E-state index contributed by atoms with van der Waals surface area (Å²) in [6.45, 7) is 5.44. The SMILES string of the molecule is CCNC(=O)C(C)NC(=O)N(C)CC(C)C(=O)O. The molecule has 0 saturated carbocycles. The van der Waals surface area contributed by atoms with Crippen LogP contribution in [0.25, 0.3) is 0 Å². The maximum Gasteiger partial charge on any atom is 0.317 e. The topological polar surface area (TPSA) is 98.7 Å². The molecule has 104 valence electrons. The number of likely N-dealkylation sites (N-methyl/N-ethyl adjacent to an activating group) is 1. The van der Waals surface area contributed by atoms with Crippen LogP contribution in [-0.2, 0) is 9.59 Å². The second kappa shape index (κ2) is 7.52. The molecule has 0 spiro atoms. The van der Waals surface area contributed by atoms with Gasteiger partial charge in [-0.2, -0.15) is 0 Å². The van der Waals surface area contributed by atoms with Crippen molar-refractivity contribution in [3.8, 4) is 0 Å². The normalized spacial score (nSPS) is 13.3. The fourth-order valence-corrected chi connectivity index (χ4v) is 1.26. The van der Waals surface area contributed by atoms with Gasteiger partial charge in [-0.3, -0.25) is 9.59 Å². The monoisotopic (exact) mass is 259 g/mol. The van der Waals surface area contributed by atoms with E-state index >= 15 is 0 Å². The molecule has 18 heavy (non-hydrogen) atoms. The van der Waals surface area contributed by atoms with E-state index in [0.29, 0.717) is 6.54 Å². The number of carbonyl (C=O) groups excluding carboxylic acids is 2. The first kappa shape index (κ1) is 16.2. The largest absolute Gasteiger partial charge is 0.481 e. The Labute approximate surface area is 107 Å². The van der Waals surface area contributed by atoms with E-state index < -0.39 is 24.0 Å². The lowest BCUT2D eigenvalue weighted by molar-refractivity contribution is -0.141.